The largest absolute Gasteiger partial charge is 0.459 e. The van der Waals surface area contributed by atoms with E-state index in [1.807, 2.05) is 6.92 Å². The maximum atomic E-state index is 12.3. The molecule has 6 unspecified atom stereocenters. The zero-order valence-corrected chi connectivity index (χ0v) is 20.5. The molecular weight excluding hydrogens is 422 g/mol. The van der Waals surface area contributed by atoms with Gasteiger partial charge in [0.2, 0.25) is 5.91 Å². The van der Waals surface area contributed by atoms with Crippen LogP contribution < -0.4 is 5.32 Å². The highest BCUT2D eigenvalue weighted by Crippen LogP contribution is 2.39. The number of ether oxygens (including phenoxy) is 4. The molecule has 3 aliphatic rings. The van der Waals surface area contributed by atoms with Gasteiger partial charge in [0.05, 0.1) is 43.2 Å². The van der Waals surface area contributed by atoms with E-state index in [-0.39, 0.29) is 41.8 Å². The van der Waals surface area contributed by atoms with Crippen LogP contribution in [0.2, 0.25) is 0 Å². The van der Waals surface area contributed by atoms with Crippen molar-refractivity contribution in [3.05, 3.63) is 36.0 Å². The number of epoxide rings is 1. The number of allylic oxidation sites excluding steroid dienone is 2. The van der Waals surface area contributed by atoms with E-state index in [4.69, 9.17) is 18.9 Å². The van der Waals surface area contributed by atoms with Gasteiger partial charge in [-0.25, -0.2) is 0 Å². The Morgan fingerprint density at radius 2 is 2.00 bits per heavy atom. The minimum atomic E-state index is -0.437. The topological polar surface area (TPSA) is 86.4 Å². The fourth-order valence-electron chi connectivity index (χ4n) is 4.51. The van der Waals surface area contributed by atoms with Crippen LogP contribution in [0.25, 0.3) is 0 Å². The van der Waals surface area contributed by atoms with Crippen molar-refractivity contribution >= 4 is 11.9 Å². The average molecular weight is 462 g/mol. The molecule has 0 bridgehead atoms. The summed E-state index contributed by atoms with van der Waals surface area (Å²) in [5.74, 6) is -0.258. The molecule has 3 heterocycles. The van der Waals surface area contributed by atoms with Crippen molar-refractivity contribution in [2.75, 3.05) is 13.2 Å². The summed E-state index contributed by atoms with van der Waals surface area (Å²) in [6, 6.07) is -0.0529. The van der Waals surface area contributed by atoms with Gasteiger partial charge in [0.15, 0.2) is 0 Å². The van der Waals surface area contributed by atoms with Crippen LogP contribution in [0.3, 0.4) is 0 Å². The number of carbonyl (C=O) groups excluding carboxylic acids is 2. The Labute approximate surface area is 197 Å². The first kappa shape index (κ1) is 25.7. The van der Waals surface area contributed by atoms with Gasteiger partial charge >= 0.3 is 5.97 Å². The Balaban J connectivity index is 1.43. The number of esters is 1. The lowest BCUT2D eigenvalue weighted by molar-refractivity contribution is -0.143. The van der Waals surface area contributed by atoms with Gasteiger partial charge in [-0.05, 0) is 45.6 Å². The molecule has 3 saturated heterocycles. The summed E-state index contributed by atoms with van der Waals surface area (Å²) in [7, 11) is 0. The van der Waals surface area contributed by atoms with E-state index >= 15 is 0 Å². The zero-order valence-electron chi connectivity index (χ0n) is 20.5. The lowest BCUT2D eigenvalue weighted by atomic mass is 9.88. The van der Waals surface area contributed by atoms with Crippen molar-refractivity contribution in [2.45, 2.75) is 96.4 Å². The molecule has 0 saturated carbocycles. The molecule has 0 aliphatic carbocycles. The molecule has 0 radical (unpaired) electrons. The van der Waals surface area contributed by atoms with Crippen LogP contribution in [0.15, 0.2) is 36.0 Å². The van der Waals surface area contributed by atoms with E-state index in [1.54, 1.807) is 13.0 Å². The van der Waals surface area contributed by atoms with Crippen molar-refractivity contribution in [3.63, 3.8) is 0 Å². The first-order valence-electron chi connectivity index (χ1n) is 12.1. The van der Waals surface area contributed by atoms with Crippen LogP contribution >= 0.6 is 0 Å². The molecule has 1 amide bonds. The number of amides is 1. The van der Waals surface area contributed by atoms with Crippen molar-refractivity contribution < 1.29 is 28.5 Å². The predicted molar refractivity (Wildman–Crippen MR) is 126 cm³/mol. The molecule has 0 aromatic rings. The molecule has 3 fully saturated rings. The maximum absolute atomic E-state index is 12.3. The van der Waals surface area contributed by atoms with Gasteiger partial charge in [0.25, 0.3) is 0 Å². The first-order valence-corrected chi connectivity index (χ1v) is 12.1. The quantitative estimate of drug-likeness (QED) is 0.257. The second-order valence-electron chi connectivity index (χ2n) is 9.76. The molecule has 7 atom stereocenters. The van der Waals surface area contributed by atoms with E-state index in [1.165, 1.54) is 18.6 Å². The maximum Gasteiger partial charge on any atom is 0.303 e. The van der Waals surface area contributed by atoms with Gasteiger partial charge < -0.3 is 24.3 Å². The summed E-state index contributed by atoms with van der Waals surface area (Å²) in [5, 5.41) is 3.02. The minimum absolute atomic E-state index is 0.0529. The van der Waals surface area contributed by atoms with Gasteiger partial charge in [-0.1, -0.05) is 30.7 Å². The molecule has 3 aliphatic heterocycles. The molecule has 0 aromatic carbocycles. The summed E-state index contributed by atoms with van der Waals surface area (Å²) < 4.78 is 22.7. The van der Waals surface area contributed by atoms with Gasteiger partial charge in [-0.15, -0.1) is 0 Å². The van der Waals surface area contributed by atoms with Crippen molar-refractivity contribution in [2.24, 2.45) is 5.92 Å². The van der Waals surface area contributed by atoms with Gasteiger partial charge in [-0.3, -0.25) is 9.59 Å². The third-order valence-electron chi connectivity index (χ3n) is 6.68. The molecule has 184 valence electrons. The third kappa shape index (κ3) is 8.09. The first-order chi connectivity index (χ1) is 15.7. The Hall–Kier alpha value is -1.96. The monoisotopic (exact) mass is 461 g/mol. The van der Waals surface area contributed by atoms with E-state index in [0.29, 0.717) is 5.92 Å². The third-order valence-corrected chi connectivity index (χ3v) is 6.68. The van der Waals surface area contributed by atoms with Crippen LogP contribution in [0, 0.1) is 5.92 Å². The van der Waals surface area contributed by atoms with Gasteiger partial charge in [0.1, 0.15) is 6.10 Å². The average Bonchev–Trinajstić information content (AvgIpc) is 3.49. The van der Waals surface area contributed by atoms with E-state index in [2.05, 4.69) is 37.4 Å². The number of hydrogen-bond acceptors (Lipinski definition) is 6. The molecular formula is C26H39NO6. The minimum Gasteiger partial charge on any atom is -0.459 e. The Morgan fingerprint density at radius 1 is 1.24 bits per heavy atom. The highest BCUT2D eigenvalue weighted by molar-refractivity contribution is 5.87. The van der Waals surface area contributed by atoms with Crippen LogP contribution in [0.1, 0.15) is 60.3 Å². The Morgan fingerprint density at radius 3 is 2.70 bits per heavy atom. The second kappa shape index (κ2) is 11.4. The van der Waals surface area contributed by atoms with Crippen molar-refractivity contribution in [1.82, 2.24) is 5.32 Å². The number of carbonyl (C=O) groups is 2. The molecule has 1 N–H and O–H groups in total. The smallest absolute Gasteiger partial charge is 0.303 e. The normalized spacial score (nSPS) is 35.7. The fraction of sp³-hybridized carbons (Fsp3) is 0.692. The highest BCUT2D eigenvalue weighted by Gasteiger charge is 2.48. The summed E-state index contributed by atoms with van der Waals surface area (Å²) in [6.45, 7) is 11.0. The molecule has 1 spiro atoms. The molecule has 3 rings (SSSR count). The summed E-state index contributed by atoms with van der Waals surface area (Å²) >= 11 is 0. The van der Waals surface area contributed by atoms with E-state index in [9.17, 15) is 9.59 Å². The van der Waals surface area contributed by atoms with Crippen LogP contribution in [-0.2, 0) is 28.5 Å². The Bertz CT molecular complexity index is 784. The lowest BCUT2D eigenvalue weighted by Crippen LogP contribution is -2.50. The lowest BCUT2D eigenvalue weighted by Gasteiger charge is -2.39. The number of nitrogens with one attached hydrogen (secondary N) is 1. The zero-order chi connectivity index (χ0) is 24.0. The highest BCUT2D eigenvalue weighted by atomic mass is 16.6. The van der Waals surface area contributed by atoms with Crippen LogP contribution in [0.4, 0.5) is 0 Å². The molecule has 0 aromatic heterocycles. The van der Waals surface area contributed by atoms with Gasteiger partial charge in [0, 0.05) is 25.8 Å². The standard InChI is InChI=1S/C26H39NO6/c1-17(6-9-22-15-26(16-31-26)12-13-30-22)7-10-24-18(2)14-23(20(4)33-24)27-25(29)11-8-19(3)32-21(5)28/h6-9,11,18-20,22-24H,10,12-16H2,1-5H3,(H,27,29)/b9-6+,11-8-,17-7+/t18?,19?,20?,22?,23?,24-,26?/m0/s1. The SMILES string of the molecule is CC(=O)OC(C)/C=C\C(=O)NC1CC(C)[C@H](C/C=C(C)/C=C/C2CC3(CCO2)CO3)OC1C. The molecule has 7 heteroatoms. The molecule has 33 heavy (non-hydrogen) atoms. The summed E-state index contributed by atoms with van der Waals surface area (Å²) in [4.78, 5) is 23.2. The van der Waals surface area contributed by atoms with Gasteiger partial charge in [-0.2, -0.15) is 0 Å². The van der Waals surface area contributed by atoms with E-state index in [0.717, 1.165) is 38.9 Å². The van der Waals surface area contributed by atoms with Crippen LogP contribution in [0.5, 0.6) is 0 Å². The van der Waals surface area contributed by atoms with Crippen molar-refractivity contribution in [3.8, 4) is 0 Å². The van der Waals surface area contributed by atoms with Crippen molar-refractivity contribution in [1.29, 1.82) is 0 Å². The predicted octanol–water partition coefficient (Wildman–Crippen LogP) is 3.63. The molecule has 7 nitrogen and oxygen atoms in total. The van der Waals surface area contributed by atoms with Crippen LogP contribution in [-0.4, -0.2) is 61.1 Å². The number of rotatable bonds is 8. The summed E-state index contributed by atoms with van der Waals surface area (Å²) in [6.07, 6.45) is 12.9. The fourth-order valence-corrected chi connectivity index (χ4v) is 4.51. The Kier molecular flexibility index (Phi) is 8.90. The number of hydrogen-bond donors (Lipinski definition) is 1. The second-order valence-corrected chi connectivity index (χ2v) is 9.76. The van der Waals surface area contributed by atoms with E-state index < -0.39 is 6.10 Å². The summed E-state index contributed by atoms with van der Waals surface area (Å²) in [5.41, 5.74) is 1.29.